The van der Waals surface area contributed by atoms with E-state index in [1.165, 1.54) is 0 Å². The van der Waals surface area contributed by atoms with Gasteiger partial charge in [0.25, 0.3) is 11.9 Å². The number of benzene rings is 1. The summed E-state index contributed by atoms with van der Waals surface area (Å²) < 4.78 is 5.53. The van der Waals surface area contributed by atoms with E-state index in [1.807, 2.05) is 38.1 Å². The Hall–Kier alpha value is -1.88. The van der Waals surface area contributed by atoms with Gasteiger partial charge in [-0.3, -0.25) is 10.1 Å². The number of carbonyl (C=O) groups excluding carboxylic acids is 1. The first kappa shape index (κ1) is 21.2. The van der Waals surface area contributed by atoms with Crippen LogP contribution in [-0.2, 0) is 4.74 Å². The largest absolute Gasteiger partial charge is 0.465 e. The zero-order valence-electron chi connectivity index (χ0n) is 16.4. The predicted molar refractivity (Wildman–Crippen MR) is 103 cm³/mol. The second-order valence-electron chi connectivity index (χ2n) is 6.33. The van der Waals surface area contributed by atoms with Crippen LogP contribution < -0.4 is 10.2 Å². The number of aliphatic imine (C=N–C) groups is 1. The number of aryl methyl sites for hydroxylation is 1. The Kier molecular flexibility index (Phi) is 9.85. The van der Waals surface area contributed by atoms with E-state index in [4.69, 9.17) is 4.74 Å². The molecule has 1 rings (SSSR count). The monoisotopic (exact) mass is 348 g/mol. The number of hydrogen-bond acceptors (Lipinski definition) is 3. The number of amides is 1. The molecule has 0 aliphatic heterocycles. The summed E-state index contributed by atoms with van der Waals surface area (Å²) in [6.07, 6.45) is 2.10. The van der Waals surface area contributed by atoms with Crippen molar-refractivity contribution in [2.45, 2.75) is 53.5 Å². The Morgan fingerprint density at radius 1 is 1.24 bits per heavy atom. The van der Waals surface area contributed by atoms with Crippen LogP contribution in [-0.4, -0.2) is 44.2 Å². The van der Waals surface area contributed by atoms with E-state index in [0.29, 0.717) is 18.2 Å². The van der Waals surface area contributed by atoms with Crippen LogP contribution in [0.4, 0.5) is 0 Å². The fourth-order valence-electron chi connectivity index (χ4n) is 2.75. The Morgan fingerprint density at radius 2 is 1.92 bits per heavy atom. The SMILES string of the molecule is CCOC(=N[C@@H](C)CCC[NH+](CC)CC)NC(=O)c1ccccc1C. The van der Waals surface area contributed by atoms with Crippen molar-refractivity contribution < 1.29 is 14.4 Å². The van der Waals surface area contributed by atoms with Gasteiger partial charge in [0.05, 0.1) is 32.3 Å². The molecule has 5 heteroatoms. The molecule has 1 amide bonds. The van der Waals surface area contributed by atoms with Gasteiger partial charge in [-0.2, -0.15) is 0 Å². The van der Waals surface area contributed by atoms with Crippen LogP contribution in [0.5, 0.6) is 0 Å². The Morgan fingerprint density at radius 3 is 2.52 bits per heavy atom. The highest BCUT2D eigenvalue weighted by Gasteiger charge is 2.13. The van der Waals surface area contributed by atoms with Crippen LogP contribution in [0.15, 0.2) is 29.3 Å². The topological polar surface area (TPSA) is 55.1 Å². The van der Waals surface area contributed by atoms with Gasteiger partial charge in [-0.15, -0.1) is 0 Å². The third-order valence-electron chi connectivity index (χ3n) is 4.38. The molecule has 0 aliphatic rings. The minimum atomic E-state index is -0.176. The van der Waals surface area contributed by atoms with Gasteiger partial charge in [-0.05, 0) is 59.1 Å². The summed E-state index contributed by atoms with van der Waals surface area (Å²) >= 11 is 0. The average Bonchev–Trinajstić information content (AvgIpc) is 2.59. The molecule has 0 bridgehead atoms. The van der Waals surface area contributed by atoms with E-state index in [0.717, 1.165) is 38.0 Å². The van der Waals surface area contributed by atoms with Crippen molar-refractivity contribution in [3.8, 4) is 0 Å². The second kappa shape index (κ2) is 11.6. The van der Waals surface area contributed by atoms with Crippen LogP contribution in [0.2, 0.25) is 0 Å². The smallest absolute Gasteiger partial charge is 0.291 e. The molecule has 0 spiro atoms. The number of nitrogens with zero attached hydrogens (tertiary/aromatic N) is 1. The number of amidine groups is 1. The molecule has 0 fully saturated rings. The van der Waals surface area contributed by atoms with E-state index in [1.54, 1.807) is 4.90 Å². The molecule has 1 aromatic carbocycles. The number of carbonyl (C=O) groups is 1. The molecule has 1 aromatic rings. The number of ether oxygens (including phenoxy) is 1. The zero-order chi connectivity index (χ0) is 18.7. The number of hydrogen-bond donors (Lipinski definition) is 2. The van der Waals surface area contributed by atoms with Gasteiger partial charge in [0.1, 0.15) is 0 Å². The first-order chi connectivity index (χ1) is 12.0. The van der Waals surface area contributed by atoms with Gasteiger partial charge in [0, 0.05) is 5.56 Å². The Balaban J connectivity index is 2.63. The van der Waals surface area contributed by atoms with Gasteiger partial charge >= 0.3 is 0 Å². The van der Waals surface area contributed by atoms with Crippen molar-refractivity contribution in [2.24, 2.45) is 4.99 Å². The summed E-state index contributed by atoms with van der Waals surface area (Å²) in [7, 11) is 0. The van der Waals surface area contributed by atoms with Gasteiger partial charge in [0.2, 0.25) is 0 Å². The first-order valence-corrected chi connectivity index (χ1v) is 9.42. The molecule has 0 saturated heterocycles. The number of quaternary nitrogens is 1. The van der Waals surface area contributed by atoms with Gasteiger partial charge in [0.15, 0.2) is 0 Å². The molecule has 0 heterocycles. The highest BCUT2D eigenvalue weighted by molar-refractivity contribution is 6.04. The molecule has 0 saturated carbocycles. The van der Waals surface area contributed by atoms with Crippen molar-refractivity contribution in [1.82, 2.24) is 5.32 Å². The maximum atomic E-state index is 12.4. The minimum absolute atomic E-state index is 0.119. The number of nitrogens with one attached hydrogen (secondary N) is 2. The van der Waals surface area contributed by atoms with E-state index in [2.05, 4.69) is 31.1 Å². The zero-order valence-corrected chi connectivity index (χ0v) is 16.4. The van der Waals surface area contributed by atoms with Crippen molar-refractivity contribution in [2.75, 3.05) is 26.2 Å². The molecule has 5 nitrogen and oxygen atoms in total. The molecule has 140 valence electrons. The minimum Gasteiger partial charge on any atom is -0.465 e. The quantitative estimate of drug-likeness (QED) is 0.531. The summed E-state index contributed by atoms with van der Waals surface area (Å²) in [6.45, 7) is 14.3. The van der Waals surface area contributed by atoms with E-state index >= 15 is 0 Å². The van der Waals surface area contributed by atoms with Crippen molar-refractivity contribution >= 4 is 11.9 Å². The van der Waals surface area contributed by atoms with E-state index < -0.39 is 0 Å². The van der Waals surface area contributed by atoms with Crippen LogP contribution in [0.1, 0.15) is 56.5 Å². The van der Waals surface area contributed by atoms with E-state index in [-0.39, 0.29) is 11.9 Å². The lowest BCUT2D eigenvalue weighted by molar-refractivity contribution is -0.896. The molecule has 1 atom stereocenters. The standard InChI is InChI=1S/C20H33N3O2/c1-6-23(7-2)15-11-13-17(5)21-20(25-8-3)22-19(24)18-14-10-9-12-16(18)4/h9-10,12,14,17H,6-8,11,13,15H2,1-5H3,(H,21,22,24)/p+1/t17-/m0/s1. The lowest BCUT2D eigenvalue weighted by atomic mass is 10.1. The molecule has 25 heavy (non-hydrogen) atoms. The fraction of sp³-hybridized carbons (Fsp3) is 0.600. The average molecular weight is 349 g/mol. The Bertz CT molecular complexity index is 554. The first-order valence-electron chi connectivity index (χ1n) is 9.42. The summed E-state index contributed by atoms with van der Waals surface area (Å²) in [5.74, 6) is -0.176. The van der Waals surface area contributed by atoms with Gasteiger partial charge in [-0.25, -0.2) is 4.99 Å². The summed E-state index contributed by atoms with van der Waals surface area (Å²) in [4.78, 5) is 18.6. The maximum absolute atomic E-state index is 12.4. The lowest BCUT2D eigenvalue weighted by Gasteiger charge is -2.16. The van der Waals surface area contributed by atoms with Gasteiger partial charge < -0.3 is 9.64 Å². The molecule has 0 aliphatic carbocycles. The molecular formula is C20H34N3O2+. The van der Waals surface area contributed by atoms with Gasteiger partial charge in [-0.1, -0.05) is 18.2 Å². The molecule has 0 radical (unpaired) electrons. The van der Waals surface area contributed by atoms with E-state index in [9.17, 15) is 4.79 Å². The van der Waals surface area contributed by atoms with Crippen molar-refractivity contribution in [3.63, 3.8) is 0 Å². The van der Waals surface area contributed by atoms with Crippen molar-refractivity contribution in [1.29, 1.82) is 0 Å². The maximum Gasteiger partial charge on any atom is 0.291 e. The normalized spacial score (nSPS) is 13.0. The number of rotatable bonds is 9. The second-order valence-corrected chi connectivity index (χ2v) is 6.33. The van der Waals surface area contributed by atoms with Crippen LogP contribution in [0.3, 0.4) is 0 Å². The van der Waals surface area contributed by atoms with Crippen LogP contribution >= 0.6 is 0 Å². The summed E-state index contributed by atoms with van der Waals surface area (Å²) in [5, 5.41) is 2.81. The summed E-state index contributed by atoms with van der Waals surface area (Å²) in [6, 6.07) is 7.95. The lowest BCUT2D eigenvalue weighted by Crippen LogP contribution is -3.11. The summed E-state index contributed by atoms with van der Waals surface area (Å²) in [5.41, 5.74) is 1.58. The third-order valence-corrected chi connectivity index (χ3v) is 4.38. The van der Waals surface area contributed by atoms with Crippen molar-refractivity contribution in [3.05, 3.63) is 35.4 Å². The van der Waals surface area contributed by atoms with Crippen LogP contribution in [0.25, 0.3) is 0 Å². The molecular weight excluding hydrogens is 314 g/mol. The fourth-order valence-corrected chi connectivity index (χ4v) is 2.75. The van der Waals surface area contributed by atoms with Crippen LogP contribution in [0, 0.1) is 6.92 Å². The third kappa shape index (κ3) is 7.69. The molecule has 2 N–H and O–H groups in total. The highest BCUT2D eigenvalue weighted by atomic mass is 16.5. The Labute approximate surface area is 152 Å². The highest BCUT2D eigenvalue weighted by Crippen LogP contribution is 2.07. The molecule has 0 unspecified atom stereocenters. The predicted octanol–water partition coefficient (Wildman–Crippen LogP) is 2.21. The molecule has 0 aromatic heterocycles.